The Kier molecular flexibility index (Phi) is 40.0. The molecule has 0 N–H and O–H groups in total. The number of anilines is 6. The Morgan fingerprint density at radius 2 is 0.254 bits per heavy atom. The van der Waals surface area contributed by atoms with Crippen molar-refractivity contribution in [3.05, 3.63) is 300 Å². The maximum absolute atomic E-state index is 7.44. The van der Waals surface area contributed by atoms with Gasteiger partial charge in [0.05, 0.1) is 154 Å². The van der Waals surface area contributed by atoms with Gasteiger partial charge in [0.2, 0.25) is 34.5 Å². The molecule has 24 nitrogen and oxygen atoms in total. The third-order valence-electron chi connectivity index (χ3n) is 16.9. The van der Waals surface area contributed by atoms with Gasteiger partial charge in [-0.25, -0.2) is 0 Å². The van der Waals surface area contributed by atoms with Crippen molar-refractivity contribution >= 4 is 34.1 Å². The van der Waals surface area contributed by atoms with Crippen molar-refractivity contribution < 1.29 is 85.3 Å². The first-order chi connectivity index (χ1) is 56.1. The molecule has 7 rings (SSSR count). The highest BCUT2D eigenvalue weighted by Crippen LogP contribution is 2.63. The fraction of sp³-hybridized carbons (Fsp3) is 0.267. The molecule has 0 atom stereocenters. The molecule has 0 saturated heterocycles. The van der Waals surface area contributed by atoms with Crippen molar-refractivity contribution in [2.45, 2.75) is 0 Å². The molecule has 0 bridgehead atoms. The molecule has 0 fully saturated rings. The minimum absolute atomic E-state index is 0.0210. The second-order valence-electron chi connectivity index (χ2n) is 23.9. The second kappa shape index (κ2) is 51.9. The van der Waals surface area contributed by atoms with Crippen molar-refractivity contribution in [2.75, 3.05) is 187 Å². The summed E-state index contributed by atoms with van der Waals surface area (Å²) in [4.78, 5) is 12.7. The Bertz CT molecular complexity index is 3260. The number of hydrogen-bond acceptors (Lipinski definition) is 24. The van der Waals surface area contributed by atoms with Gasteiger partial charge in [0, 0.05) is 34.1 Å². The van der Waals surface area contributed by atoms with Gasteiger partial charge in [-0.05, 0) is 146 Å². The Morgan fingerprint density at radius 3 is 0.342 bits per heavy atom. The lowest BCUT2D eigenvalue weighted by Gasteiger charge is -2.27. The highest BCUT2D eigenvalue weighted by molar-refractivity contribution is 5.77. The number of rotatable bonds is 66. The summed E-state index contributed by atoms with van der Waals surface area (Å²) in [5.74, 6) is 1.88. The van der Waals surface area contributed by atoms with Gasteiger partial charge >= 0.3 is 0 Å². The Labute approximate surface area is 672 Å². The molecule has 0 radical (unpaired) electrons. The lowest BCUT2D eigenvalue weighted by molar-refractivity contribution is 0.240. The Balaban J connectivity index is 1.63. The fourth-order valence-corrected chi connectivity index (χ4v) is 11.4. The van der Waals surface area contributed by atoms with Crippen LogP contribution in [0, 0.1) is 0 Å². The minimum atomic E-state index is -0.0210. The third-order valence-corrected chi connectivity index (χ3v) is 16.9. The van der Waals surface area contributed by atoms with Gasteiger partial charge in [-0.15, -0.1) is 0 Å². The molecule has 0 heterocycles. The van der Waals surface area contributed by atoms with E-state index in [1.807, 2.05) is 146 Å². The van der Waals surface area contributed by atoms with Crippen LogP contribution in [0.4, 0.5) is 34.1 Å². The second-order valence-corrected chi connectivity index (χ2v) is 23.9. The van der Waals surface area contributed by atoms with Crippen molar-refractivity contribution in [2.24, 2.45) is 0 Å². The maximum atomic E-state index is 7.44. The van der Waals surface area contributed by atoms with Crippen LogP contribution >= 0.6 is 0 Å². The molecule has 0 aromatic heterocycles. The zero-order chi connectivity index (χ0) is 81.0. The van der Waals surface area contributed by atoms with Gasteiger partial charge in [-0.1, -0.05) is 78.9 Å². The normalized spacial score (nSPS) is 10.3. The number of nitrogens with zero attached hydrogens (tertiary/aromatic N) is 6. The SMILES string of the molecule is C=COCCN(CCOC=C)c1ccc(Oc2c(Oc3ccc(N(CCOC=C)CCOC=C)cc3)c(Oc3ccc(N(CCOC=C)CCOC=C)cc3)c(Oc3ccc(N(CCOC=C)CCOC=C)cc3)c(Oc3ccc(N(CCOC=C)CCOC=C)cc3)c2Oc2ccc(N(CCOC=C)CCOC=C)cc2)cc1. The van der Waals surface area contributed by atoms with Gasteiger partial charge in [-0.3, -0.25) is 0 Å². The summed E-state index contributed by atoms with van der Waals surface area (Å²) in [5, 5.41) is 0. The topological polar surface area (TPSA) is 186 Å². The Morgan fingerprint density at radius 1 is 0.158 bits per heavy atom. The van der Waals surface area contributed by atoms with Crippen LogP contribution in [-0.2, 0) is 56.8 Å². The number of benzene rings is 7. The zero-order valence-corrected chi connectivity index (χ0v) is 65.3. The van der Waals surface area contributed by atoms with E-state index in [1.54, 1.807) is 0 Å². The largest absolute Gasteiger partial charge is 0.500 e. The molecule has 0 spiro atoms. The van der Waals surface area contributed by atoms with Crippen molar-refractivity contribution in [3.63, 3.8) is 0 Å². The van der Waals surface area contributed by atoms with Crippen LogP contribution in [0.2, 0.25) is 0 Å². The van der Waals surface area contributed by atoms with Gasteiger partial charge in [0.1, 0.15) is 114 Å². The van der Waals surface area contributed by atoms with Crippen molar-refractivity contribution in [1.82, 2.24) is 0 Å². The molecule has 606 valence electrons. The molecule has 114 heavy (non-hydrogen) atoms. The van der Waals surface area contributed by atoms with Gasteiger partial charge in [0.15, 0.2) is 0 Å². The quantitative estimate of drug-likeness (QED) is 0.0259. The maximum Gasteiger partial charge on any atom is 0.220 e. The molecule has 7 aromatic rings. The molecular weight excluding hydrogens is 1450 g/mol. The van der Waals surface area contributed by atoms with Gasteiger partial charge in [-0.2, -0.15) is 0 Å². The molecule has 0 amide bonds. The lowest BCUT2D eigenvalue weighted by Crippen LogP contribution is -2.30. The van der Waals surface area contributed by atoms with E-state index in [1.165, 1.54) is 75.1 Å². The van der Waals surface area contributed by atoms with Crippen LogP contribution in [-0.4, -0.2) is 158 Å². The summed E-state index contributed by atoms with van der Waals surface area (Å²) in [6.07, 6.45) is 16.9. The van der Waals surface area contributed by atoms with Crippen LogP contribution in [0.3, 0.4) is 0 Å². The van der Waals surface area contributed by atoms with Crippen molar-refractivity contribution in [1.29, 1.82) is 0 Å². The first-order valence-electron chi connectivity index (χ1n) is 37.2. The smallest absolute Gasteiger partial charge is 0.220 e. The predicted molar refractivity (Wildman–Crippen MR) is 453 cm³/mol. The monoisotopic (exact) mass is 1560 g/mol. The molecule has 0 saturated carbocycles. The van der Waals surface area contributed by atoms with Crippen LogP contribution in [0.5, 0.6) is 69.0 Å². The fourth-order valence-electron chi connectivity index (χ4n) is 11.4. The third kappa shape index (κ3) is 29.5. The molecular formula is C90H108N6O18. The summed E-state index contributed by atoms with van der Waals surface area (Å²) in [7, 11) is 0. The number of hydrogen-bond donors (Lipinski definition) is 0. The molecule has 7 aromatic carbocycles. The molecule has 0 aliphatic carbocycles. The summed E-state index contributed by atoms with van der Waals surface area (Å²) >= 11 is 0. The van der Waals surface area contributed by atoms with E-state index in [4.69, 9.17) is 85.3 Å². The first kappa shape index (κ1) is 87.8. The molecule has 0 aliphatic rings. The summed E-state index contributed by atoms with van der Waals surface area (Å²) in [5.41, 5.74) is 4.95. The van der Waals surface area contributed by atoms with Crippen LogP contribution in [0.15, 0.2) is 300 Å². The van der Waals surface area contributed by atoms with E-state index in [2.05, 4.69) is 108 Å². The summed E-state index contributed by atoms with van der Waals surface area (Å²) in [6, 6.07) is 45.2. The van der Waals surface area contributed by atoms with Crippen LogP contribution in [0.25, 0.3) is 0 Å². The minimum Gasteiger partial charge on any atom is -0.500 e. The first-order valence-corrected chi connectivity index (χ1v) is 37.2. The summed E-state index contributed by atoms with van der Waals surface area (Å²) in [6.45, 7) is 55.2. The van der Waals surface area contributed by atoms with Gasteiger partial charge in [0.25, 0.3) is 0 Å². The van der Waals surface area contributed by atoms with E-state index in [9.17, 15) is 0 Å². The Hall–Kier alpha value is -13.4. The van der Waals surface area contributed by atoms with E-state index < -0.39 is 0 Å². The predicted octanol–water partition coefficient (Wildman–Crippen LogP) is 19.2. The highest BCUT2D eigenvalue weighted by Gasteiger charge is 2.36. The zero-order valence-electron chi connectivity index (χ0n) is 65.3. The van der Waals surface area contributed by atoms with E-state index in [-0.39, 0.29) is 34.5 Å². The van der Waals surface area contributed by atoms with Gasteiger partial charge < -0.3 is 115 Å². The average molecular weight is 1560 g/mol. The highest BCUT2D eigenvalue weighted by atomic mass is 16.6. The van der Waals surface area contributed by atoms with Crippen molar-refractivity contribution in [3.8, 4) is 69.0 Å². The van der Waals surface area contributed by atoms with E-state index in [0.29, 0.717) is 192 Å². The molecule has 24 heteroatoms. The molecule has 0 unspecified atom stereocenters. The lowest BCUT2D eigenvalue weighted by atomic mass is 10.2. The van der Waals surface area contributed by atoms with E-state index >= 15 is 0 Å². The van der Waals surface area contributed by atoms with Crippen LogP contribution < -0.4 is 57.8 Å². The van der Waals surface area contributed by atoms with E-state index in [0.717, 1.165) is 34.1 Å². The standard InChI is InChI=1S/C90H108N6O18/c1-13-97-61-49-91(50-62-98-14-2)73-25-37-79(38-26-73)109-85-86(110-80-39-27-74(28-40-80)92(51-63-99-15-3)52-64-100-16-4)88(112-82-43-31-76(32-44-82)94(55-67-103-19-7)56-68-104-20-8)90(114-84-47-35-78(36-48-84)96(59-71-107-23-11)60-72-108-24-12)89(113-83-45-33-77(34-46-83)95(57-69-105-21-9)58-70-106-22-10)87(85)111-81-41-29-75(30-42-81)93(53-65-101-17-5)54-66-102-18-6/h13-48H,1-12,49-72H2. The molecule has 0 aliphatic heterocycles. The van der Waals surface area contributed by atoms with Crippen LogP contribution in [0.1, 0.15) is 0 Å². The number of ether oxygens (including phenoxy) is 18. The average Bonchev–Trinajstić information content (AvgIpc) is 0.748. The summed E-state index contributed by atoms with van der Waals surface area (Å²) < 4.78 is 112.